The zero-order chi connectivity index (χ0) is 16.4. The van der Waals surface area contributed by atoms with Crippen molar-refractivity contribution >= 4 is 16.8 Å². The lowest BCUT2D eigenvalue weighted by molar-refractivity contribution is 0.0269. The zero-order valence-electron chi connectivity index (χ0n) is 14.1. The Labute approximate surface area is 137 Å². The lowest BCUT2D eigenvalue weighted by Gasteiger charge is -2.35. The van der Waals surface area contributed by atoms with E-state index in [0.29, 0.717) is 0 Å². The average molecular weight is 315 g/mol. The van der Waals surface area contributed by atoms with E-state index < -0.39 is 0 Å². The van der Waals surface area contributed by atoms with Crippen molar-refractivity contribution in [3.05, 3.63) is 36.0 Å². The Morgan fingerprint density at radius 1 is 1.26 bits per heavy atom. The van der Waals surface area contributed by atoms with Crippen molar-refractivity contribution in [2.75, 3.05) is 32.8 Å². The lowest BCUT2D eigenvalue weighted by Crippen LogP contribution is -2.53. The van der Waals surface area contributed by atoms with Crippen LogP contribution >= 0.6 is 0 Å². The normalized spacial score (nSPS) is 16.7. The fourth-order valence-corrected chi connectivity index (χ4v) is 3.26. The molecule has 1 aromatic carbocycles. The number of fused-ring (bicyclic) bond motifs is 1. The Hall–Kier alpha value is -1.85. The fraction of sp³-hybridized carbons (Fsp3) is 0.500. The van der Waals surface area contributed by atoms with Crippen LogP contribution in [-0.2, 0) is 11.8 Å². The van der Waals surface area contributed by atoms with Gasteiger partial charge in [0.15, 0.2) is 0 Å². The van der Waals surface area contributed by atoms with Gasteiger partial charge in [-0.15, -0.1) is 0 Å². The van der Waals surface area contributed by atoms with Gasteiger partial charge < -0.3 is 14.6 Å². The van der Waals surface area contributed by atoms with Gasteiger partial charge in [-0.1, -0.05) is 18.2 Å². The van der Waals surface area contributed by atoms with Gasteiger partial charge in [-0.2, -0.15) is 0 Å². The second kappa shape index (κ2) is 6.34. The van der Waals surface area contributed by atoms with E-state index in [-0.39, 0.29) is 11.4 Å². The van der Waals surface area contributed by atoms with E-state index in [0.717, 1.165) is 49.3 Å². The predicted molar refractivity (Wildman–Crippen MR) is 91.7 cm³/mol. The van der Waals surface area contributed by atoms with Crippen molar-refractivity contribution in [3.63, 3.8) is 0 Å². The molecule has 0 bridgehead atoms. The number of nitrogens with zero attached hydrogens (tertiary/aromatic N) is 2. The Morgan fingerprint density at radius 3 is 2.70 bits per heavy atom. The summed E-state index contributed by atoms with van der Waals surface area (Å²) < 4.78 is 7.38. The van der Waals surface area contributed by atoms with Crippen molar-refractivity contribution in [1.29, 1.82) is 0 Å². The Kier molecular flexibility index (Phi) is 4.41. The third-order valence-electron chi connectivity index (χ3n) is 4.32. The molecule has 5 nitrogen and oxygen atoms in total. The summed E-state index contributed by atoms with van der Waals surface area (Å²) in [6, 6.07) is 7.99. The molecule has 1 saturated heterocycles. The first kappa shape index (κ1) is 16.0. The highest BCUT2D eigenvalue weighted by Gasteiger charge is 2.26. The molecule has 3 rings (SSSR count). The summed E-state index contributed by atoms with van der Waals surface area (Å²) >= 11 is 0. The summed E-state index contributed by atoms with van der Waals surface area (Å²) in [5.41, 5.74) is 1.52. The van der Waals surface area contributed by atoms with Gasteiger partial charge in [-0.25, -0.2) is 0 Å². The first-order valence-electron chi connectivity index (χ1n) is 8.13. The smallest absolute Gasteiger partial charge is 0.253 e. The minimum atomic E-state index is -0.286. The van der Waals surface area contributed by atoms with Gasteiger partial charge in [0.1, 0.15) is 0 Å². The van der Waals surface area contributed by atoms with Gasteiger partial charge in [-0.3, -0.25) is 9.69 Å². The quantitative estimate of drug-likeness (QED) is 0.939. The van der Waals surface area contributed by atoms with Crippen LogP contribution in [0.25, 0.3) is 10.9 Å². The number of amides is 1. The van der Waals surface area contributed by atoms with Crippen LogP contribution in [0.2, 0.25) is 0 Å². The van der Waals surface area contributed by atoms with Gasteiger partial charge in [-0.05, 0) is 19.9 Å². The van der Waals surface area contributed by atoms with Crippen LogP contribution in [0.15, 0.2) is 30.5 Å². The number of rotatable bonds is 4. The SMILES string of the molecule is Cn1cc(C(=O)NC(C)(C)CN2CCOCC2)c2ccccc21. The molecule has 23 heavy (non-hydrogen) atoms. The molecule has 1 N–H and O–H groups in total. The summed E-state index contributed by atoms with van der Waals surface area (Å²) in [6.45, 7) is 8.37. The lowest BCUT2D eigenvalue weighted by atomic mass is 10.0. The number of nitrogens with one attached hydrogen (secondary N) is 1. The van der Waals surface area contributed by atoms with E-state index in [2.05, 4.69) is 24.1 Å². The number of ether oxygens (including phenoxy) is 1. The molecule has 1 aromatic heterocycles. The van der Waals surface area contributed by atoms with Gasteiger partial charge in [0.25, 0.3) is 5.91 Å². The number of hydrogen-bond donors (Lipinski definition) is 1. The second-order valence-corrected chi connectivity index (χ2v) is 6.90. The minimum Gasteiger partial charge on any atom is -0.379 e. The number of carbonyl (C=O) groups excluding carboxylic acids is 1. The molecule has 5 heteroatoms. The number of aromatic nitrogens is 1. The van der Waals surface area contributed by atoms with Crippen LogP contribution in [0.1, 0.15) is 24.2 Å². The van der Waals surface area contributed by atoms with Crippen molar-refractivity contribution in [1.82, 2.24) is 14.8 Å². The first-order valence-corrected chi connectivity index (χ1v) is 8.13. The molecular formula is C18H25N3O2. The fourth-order valence-electron chi connectivity index (χ4n) is 3.26. The molecule has 2 heterocycles. The standard InChI is InChI=1S/C18H25N3O2/c1-18(2,13-21-8-10-23-11-9-21)19-17(22)15-12-20(3)16-7-5-4-6-14(15)16/h4-7,12H,8-11,13H2,1-3H3,(H,19,22). The molecule has 0 radical (unpaired) electrons. The van der Waals surface area contributed by atoms with Crippen LogP contribution in [0.3, 0.4) is 0 Å². The van der Waals surface area contributed by atoms with Crippen LogP contribution in [0.5, 0.6) is 0 Å². The Balaban J connectivity index is 1.74. The second-order valence-electron chi connectivity index (χ2n) is 6.90. The molecule has 0 atom stereocenters. The maximum absolute atomic E-state index is 12.8. The number of hydrogen-bond acceptors (Lipinski definition) is 3. The molecule has 0 spiro atoms. The number of morpholine rings is 1. The molecule has 0 saturated carbocycles. The molecule has 1 fully saturated rings. The molecule has 1 amide bonds. The first-order chi connectivity index (χ1) is 11.0. The molecule has 0 unspecified atom stereocenters. The maximum Gasteiger partial charge on any atom is 0.253 e. The summed E-state index contributed by atoms with van der Waals surface area (Å²) in [6.07, 6.45) is 1.91. The molecular weight excluding hydrogens is 290 g/mol. The van der Waals surface area contributed by atoms with Crippen LogP contribution in [0, 0.1) is 0 Å². The van der Waals surface area contributed by atoms with E-state index >= 15 is 0 Å². The third-order valence-corrected chi connectivity index (χ3v) is 4.32. The maximum atomic E-state index is 12.8. The van der Waals surface area contributed by atoms with Gasteiger partial charge in [0.05, 0.1) is 18.8 Å². The molecule has 124 valence electrons. The number of para-hydroxylation sites is 1. The summed E-state index contributed by atoms with van der Waals surface area (Å²) in [5, 5.41) is 4.19. The van der Waals surface area contributed by atoms with Crippen molar-refractivity contribution in [2.24, 2.45) is 7.05 Å². The van der Waals surface area contributed by atoms with E-state index in [1.807, 2.05) is 42.1 Å². The van der Waals surface area contributed by atoms with E-state index in [9.17, 15) is 4.79 Å². The number of aryl methyl sites for hydroxylation is 1. The van der Waals surface area contributed by atoms with E-state index in [4.69, 9.17) is 4.74 Å². The van der Waals surface area contributed by atoms with Crippen molar-refractivity contribution in [3.8, 4) is 0 Å². The Morgan fingerprint density at radius 2 is 1.96 bits per heavy atom. The minimum absolute atomic E-state index is 0.0138. The predicted octanol–water partition coefficient (Wildman–Crippen LogP) is 2.02. The van der Waals surface area contributed by atoms with Crippen molar-refractivity contribution in [2.45, 2.75) is 19.4 Å². The molecule has 2 aromatic rings. The van der Waals surface area contributed by atoms with Gasteiger partial charge >= 0.3 is 0 Å². The summed E-state index contributed by atoms with van der Waals surface area (Å²) in [4.78, 5) is 15.1. The molecule has 0 aliphatic carbocycles. The molecule has 1 aliphatic heterocycles. The highest BCUT2D eigenvalue weighted by atomic mass is 16.5. The number of benzene rings is 1. The third kappa shape index (κ3) is 3.57. The van der Waals surface area contributed by atoms with Gasteiger partial charge in [0.2, 0.25) is 0 Å². The van der Waals surface area contributed by atoms with Crippen molar-refractivity contribution < 1.29 is 9.53 Å². The van der Waals surface area contributed by atoms with Crippen LogP contribution in [0.4, 0.5) is 0 Å². The number of carbonyl (C=O) groups is 1. The van der Waals surface area contributed by atoms with Gasteiger partial charge in [0, 0.05) is 49.3 Å². The largest absolute Gasteiger partial charge is 0.379 e. The van der Waals surface area contributed by atoms with Crippen LogP contribution < -0.4 is 5.32 Å². The highest BCUT2D eigenvalue weighted by Crippen LogP contribution is 2.21. The molecule has 1 aliphatic rings. The highest BCUT2D eigenvalue weighted by molar-refractivity contribution is 6.07. The van der Waals surface area contributed by atoms with E-state index in [1.165, 1.54) is 0 Å². The zero-order valence-corrected chi connectivity index (χ0v) is 14.1. The monoisotopic (exact) mass is 315 g/mol. The average Bonchev–Trinajstić information content (AvgIpc) is 2.85. The topological polar surface area (TPSA) is 46.5 Å². The van der Waals surface area contributed by atoms with E-state index in [1.54, 1.807) is 0 Å². The summed E-state index contributed by atoms with van der Waals surface area (Å²) in [5.74, 6) is -0.0138. The van der Waals surface area contributed by atoms with Crippen LogP contribution in [-0.4, -0.2) is 53.8 Å². The Bertz CT molecular complexity index is 699. The summed E-state index contributed by atoms with van der Waals surface area (Å²) in [7, 11) is 1.97.